The van der Waals surface area contributed by atoms with E-state index in [1.54, 1.807) is 0 Å². The van der Waals surface area contributed by atoms with E-state index in [0.717, 1.165) is 27.4 Å². The highest BCUT2D eigenvalue weighted by Crippen LogP contribution is 2.36. The standard InChI is InChI=1S/C19H18N4O2S/c24-18(11-16-19(25)23-14-7-3-4-8-15(14)26-16)20-10-9-17-21-12-5-1-2-6-13(12)22-17/h1-8,16H,9-11H2,(H,20,24)(H,21,22)(H,23,25)/t16-/m1/s1. The minimum atomic E-state index is -0.406. The van der Waals surface area contributed by atoms with Gasteiger partial charge in [-0.3, -0.25) is 9.59 Å². The zero-order valence-electron chi connectivity index (χ0n) is 14.0. The predicted molar refractivity (Wildman–Crippen MR) is 102 cm³/mol. The van der Waals surface area contributed by atoms with Gasteiger partial charge in [-0.05, 0) is 24.3 Å². The quantitative estimate of drug-likeness (QED) is 0.648. The lowest BCUT2D eigenvalue weighted by Crippen LogP contribution is -2.35. The second-order valence-electron chi connectivity index (χ2n) is 6.10. The van der Waals surface area contributed by atoms with Gasteiger partial charge in [-0.25, -0.2) is 4.98 Å². The molecule has 0 aliphatic carbocycles. The van der Waals surface area contributed by atoms with Crippen LogP contribution >= 0.6 is 11.8 Å². The maximum atomic E-state index is 12.2. The summed E-state index contributed by atoms with van der Waals surface area (Å²) in [5.41, 5.74) is 2.72. The highest BCUT2D eigenvalue weighted by molar-refractivity contribution is 8.01. The fourth-order valence-electron chi connectivity index (χ4n) is 2.91. The summed E-state index contributed by atoms with van der Waals surface area (Å²) >= 11 is 1.43. The zero-order chi connectivity index (χ0) is 17.9. The third-order valence-corrected chi connectivity index (χ3v) is 5.47. The average molecular weight is 366 g/mol. The molecule has 0 radical (unpaired) electrons. The Kier molecular flexibility index (Phi) is 4.62. The largest absolute Gasteiger partial charge is 0.356 e. The second kappa shape index (κ2) is 7.21. The van der Waals surface area contributed by atoms with Crippen LogP contribution in [0.5, 0.6) is 0 Å². The summed E-state index contributed by atoms with van der Waals surface area (Å²) in [6.07, 6.45) is 0.776. The topological polar surface area (TPSA) is 86.9 Å². The van der Waals surface area contributed by atoms with E-state index in [2.05, 4.69) is 20.6 Å². The van der Waals surface area contributed by atoms with Gasteiger partial charge in [0.15, 0.2) is 0 Å². The van der Waals surface area contributed by atoms with Crippen molar-refractivity contribution in [2.45, 2.75) is 23.0 Å². The number of rotatable bonds is 5. The van der Waals surface area contributed by atoms with Crippen molar-refractivity contribution < 1.29 is 9.59 Å². The molecule has 0 fully saturated rings. The van der Waals surface area contributed by atoms with E-state index in [9.17, 15) is 9.59 Å². The molecule has 1 aliphatic heterocycles. The Morgan fingerprint density at radius 1 is 1.15 bits per heavy atom. The third-order valence-electron chi connectivity index (χ3n) is 4.20. The number of nitrogens with one attached hydrogen (secondary N) is 3. The molecule has 2 aromatic carbocycles. The number of aromatic amines is 1. The molecule has 1 aliphatic rings. The molecule has 2 amide bonds. The molecule has 0 bridgehead atoms. The summed E-state index contributed by atoms with van der Waals surface area (Å²) in [5, 5.41) is 5.33. The normalized spacial score (nSPS) is 16.2. The van der Waals surface area contributed by atoms with E-state index >= 15 is 0 Å². The van der Waals surface area contributed by atoms with Crippen LogP contribution in [0, 0.1) is 0 Å². The van der Waals surface area contributed by atoms with Crippen molar-refractivity contribution in [3.8, 4) is 0 Å². The van der Waals surface area contributed by atoms with Gasteiger partial charge in [0.25, 0.3) is 0 Å². The number of nitrogens with zero attached hydrogens (tertiary/aromatic N) is 1. The molecule has 3 aromatic rings. The molecule has 0 unspecified atom stereocenters. The number of benzene rings is 2. The first-order valence-electron chi connectivity index (χ1n) is 8.46. The van der Waals surface area contributed by atoms with Crippen LogP contribution in [0.25, 0.3) is 11.0 Å². The van der Waals surface area contributed by atoms with Crippen molar-refractivity contribution in [2.75, 3.05) is 11.9 Å². The van der Waals surface area contributed by atoms with E-state index in [1.165, 1.54) is 11.8 Å². The molecular weight excluding hydrogens is 348 g/mol. The molecule has 3 N–H and O–H groups in total. The summed E-state index contributed by atoms with van der Waals surface area (Å²) in [7, 11) is 0. The van der Waals surface area contributed by atoms with Gasteiger partial charge < -0.3 is 15.6 Å². The van der Waals surface area contributed by atoms with Gasteiger partial charge >= 0.3 is 0 Å². The van der Waals surface area contributed by atoms with Crippen LogP contribution in [-0.4, -0.2) is 33.6 Å². The average Bonchev–Trinajstić information content (AvgIpc) is 3.05. The molecule has 2 heterocycles. The Balaban J connectivity index is 1.29. The maximum Gasteiger partial charge on any atom is 0.238 e. The SMILES string of the molecule is O=C(C[C@H]1Sc2ccccc2NC1=O)NCCc1nc2ccccc2[nH]1. The van der Waals surface area contributed by atoms with Gasteiger partial charge in [-0.2, -0.15) is 0 Å². The van der Waals surface area contributed by atoms with Crippen molar-refractivity contribution in [2.24, 2.45) is 0 Å². The van der Waals surface area contributed by atoms with Gasteiger partial charge in [0, 0.05) is 24.3 Å². The number of aromatic nitrogens is 2. The number of H-pyrrole nitrogens is 1. The lowest BCUT2D eigenvalue weighted by atomic mass is 10.2. The van der Waals surface area contributed by atoms with E-state index in [1.807, 2.05) is 48.5 Å². The smallest absolute Gasteiger partial charge is 0.238 e. The van der Waals surface area contributed by atoms with Crippen LogP contribution in [-0.2, 0) is 16.0 Å². The number of fused-ring (bicyclic) bond motifs is 2. The Morgan fingerprint density at radius 3 is 2.85 bits per heavy atom. The fraction of sp³-hybridized carbons (Fsp3) is 0.211. The Labute approximate surface area is 154 Å². The van der Waals surface area contributed by atoms with E-state index in [0.29, 0.717) is 13.0 Å². The predicted octanol–water partition coefficient (Wildman–Crippen LogP) is 2.72. The highest BCUT2D eigenvalue weighted by atomic mass is 32.2. The molecular formula is C19H18N4O2S. The number of anilines is 1. The molecule has 4 rings (SSSR count). The first-order valence-corrected chi connectivity index (χ1v) is 9.34. The number of para-hydroxylation sites is 3. The first kappa shape index (κ1) is 16.7. The maximum absolute atomic E-state index is 12.2. The van der Waals surface area contributed by atoms with Crippen molar-refractivity contribution >= 4 is 40.3 Å². The molecule has 0 saturated heterocycles. The molecule has 1 atom stereocenters. The minimum absolute atomic E-state index is 0.124. The number of hydrogen-bond acceptors (Lipinski definition) is 4. The van der Waals surface area contributed by atoms with Crippen LogP contribution in [0.3, 0.4) is 0 Å². The van der Waals surface area contributed by atoms with Crippen molar-refractivity contribution in [1.82, 2.24) is 15.3 Å². The number of amides is 2. The number of hydrogen-bond donors (Lipinski definition) is 3. The van der Waals surface area contributed by atoms with Gasteiger partial charge in [-0.15, -0.1) is 11.8 Å². The summed E-state index contributed by atoms with van der Waals surface area (Å²) in [6.45, 7) is 0.480. The van der Waals surface area contributed by atoms with E-state index < -0.39 is 5.25 Å². The van der Waals surface area contributed by atoms with Gasteiger partial charge in [0.1, 0.15) is 5.82 Å². The highest BCUT2D eigenvalue weighted by Gasteiger charge is 2.28. The van der Waals surface area contributed by atoms with Crippen LogP contribution < -0.4 is 10.6 Å². The zero-order valence-corrected chi connectivity index (χ0v) is 14.8. The minimum Gasteiger partial charge on any atom is -0.356 e. The fourth-order valence-corrected chi connectivity index (χ4v) is 4.02. The molecule has 7 heteroatoms. The van der Waals surface area contributed by atoms with Crippen molar-refractivity contribution in [3.63, 3.8) is 0 Å². The first-order chi connectivity index (χ1) is 12.7. The Hall–Kier alpha value is -2.80. The summed E-state index contributed by atoms with van der Waals surface area (Å²) in [4.78, 5) is 33.1. The monoisotopic (exact) mass is 366 g/mol. The van der Waals surface area contributed by atoms with Crippen LogP contribution in [0.2, 0.25) is 0 Å². The Bertz CT molecular complexity index is 936. The second-order valence-corrected chi connectivity index (χ2v) is 7.34. The van der Waals surface area contributed by atoms with Crippen molar-refractivity contribution in [1.29, 1.82) is 0 Å². The lowest BCUT2D eigenvalue weighted by Gasteiger charge is -2.23. The lowest BCUT2D eigenvalue weighted by molar-refractivity contribution is -0.124. The molecule has 0 saturated carbocycles. The summed E-state index contributed by atoms with van der Waals surface area (Å²) in [6, 6.07) is 15.4. The number of carbonyl (C=O) groups excluding carboxylic acids is 2. The van der Waals surface area contributed by atoms with Crippen LogP contribution in [0.1, 0.15) is 12.2 Å². The number of thioether (sulfide) groups is 1. The Morgan fingerprint density at radius 2 is 1.96 bits per heavy atom. The molecule has 6 nitrogen and oxygen atoms in total. The summed E-state index contributed by atoms with van der Waals surface area (Å²) in [5.74, 6) is 0.583. The van der Waals surface area contributed by atoms with Gasteiger partial charge in [0.05, 0.1) is 22.0 Å². The molecule has 26 heavy (non-hydrogen) atoms. The molecule has 132 valence electrons. The van der Waals surface area contributed by atoms with Crippen LogP contribution in [0.15, 0.2) is 53.4 Å². The molecule has 0 spiro atoms. The van der Waals surface area contributed by atoms with E-state index in [-0.39, 0.29) is 18.2 Å². The van der Waals surface area contributed by atoms with Gasteiger partial charge in [0.2, 0.25) is 11.8 Å². The number of imidazole rings is 1. The van der Waals surface area contributed by atoms with Crippen LogP contribution in [0.4, 0.5) is 5.69 Å². The van der Waals surface area contributed by atoms with Gasteiger partial charge in [-0.1, -0.05) is 24.3 Å². The molecule has 1 aromatic heterocycles. The number of carbonyl (C=O) groups is 2. The summed E-state index contributed by atoms with van der Waals surface area (Å²) < 4.78 is 0. The third kappa shape index (κ3) is 3.57. The van der Waals surface area contributed by atoms with Crippen molar-refractivity contribution in [3.05, 3.63) is 54.4 Å². The van der Waals surface area contributed by atoms with E-state index in [4.69, 9.17) is 0 Å².